The van der Waals surface area contributed by atoms with Crippen LogP contribution in [0.4, 0.5) is 0 Å². The van der Waals surface area contributed by atoms with E-state index in [0.717, 1.165) is 27.8 Å². The van der Waals surface area contributed by atoms with E-state index < -0.39 is 18.1 Å². The molecule has 3 aromatic carbocycles. The fourth-order valence-corrected chi connectivity index (χ4v) is 8.38. The smallest absolute Gasteiger partial charge is 0.308 e. The van der Waals surface area contributed by atoms with Gasteiger partial charge in [-0.3, -0.25) is 19.4 Å². The first kappa shape index (κ1) is 31.6. The summed E-state index contributed by atoms with van der Waals surface area (Å²) in [6, 6.07) is 8.95. The predicted molar refractivity (Wildman–Crippen MR) is 172 cm³/mol. The minimum absolute atomic E-state index is 0.0223. The number of nitriles is 1. The first-order chi connectivity index (χ1) is 23.0. The van der Waals surface area contributed by atoms with Gasteiger partial charge in [0, 0.05) is 47.8 Å². The highest BCUT2D eigenvalue weighted by Crippen LogP contribution is 2.58. The minimum atomic E-state index is -0.599. The van der Waals surface area contributed by atoms with Crippen LogP contribution in [0, 0.1) is 25.2 Å². The monoisotopic (exact) mass is 654 g/mol. The molecule has 4 aliphatic heterocycles. The number of carbonyl (C=O) groups excluding carboxylic acids is 2. The zero-order valence-corrected chi connectivity index (χ0v) is 27.5. The lowest BCUT2D eigenvalue weighted by atomic mass is 9.71. The Morgan fingerprint density at radius 2 is 1.79 bits per heavy atom. The fraction of sp³-hybridized carbons (Fsp3) is 0.417. The van der Waals surface area contributed by atoms with Crippen LogP contribution in [0.5, 0.6) is 34.5 Å². The second-order valence-corrected chi connectivity index (χ2v) is 13.0. The molecule has 12 nitrogen and oxygen atoms in total. The second kappa shape index (κ2) is 11.9. The summed E-state index contributed by atoms with van der Waals surface area (Å²) in [5.41, 5.74) is 5.32. The Morgan fingerprint density at radius 1 is 1.06 bits per heavy atom. The molecule has 250 valence electrons. The normalized spacial score (nSPS) is 23.7. The van der Waals surface area contributed by atoms with E-state index in [1.807, 2.05) is 27.0 Å². The van der Waals surface area contributed by atoms with Gasteiger partial charge in [-0.1, -0.05) is 18.2 Å². The summed E-state index contributed by atoms with van der Waals surface area (Å²) in [4.78, 5) is 30.2. The van der Waals surface area contributed by atoms with Crippen LogP contribution in [-0.2, 0) is 28.9 Å². The molecular weight excluding hydrogens is 616 g/mol. The highest BCUT2D eigenvalue weighted by Gasteiger charge is 2.56. The van der Waals surface area contributed by atoms with Crippen molar-refractivity contribution in [1.82, 2.24) is 15.1 Å². The Kier molecular flexibility index (Phi) is 7.84. The third-order valence-corrected chi connectivity index (χ3v) is 10.3. The molecule has 3 N–H and O–H groups in total. The number of rotatable bonds is 6. The molecule has 2 unspecified atom stereocenters. The number of methoxy groups -OCH3 is 1. The number of carbonyl (C=O) groups is 2. The highest BCUT2D eigenvalue weighted by atomic mass is 16.7. The van der Waals surface area contributed by atoms with Crippen molar-refractivity contribution in [3.05, 3.63) is 69.3 Å². The number of nitrogens with zero attached hydrogens (tertiary/aromatic N) is 3. The Bertz CT molecular complexity index is 1870. The summed E-state index contributed by atoms with van der Waals surface area (Å²) in [6.07, 6.45) is 0.977. The van der Waals surface area contributed by atoms with Crippen LogP contribution in [0.3, 0.4) is 0 Å². The lowest BCUT2D eigenvalue weighted by molar-refractivity contribution is -0.132. The van der Waals surface area contributed by atoms with Gasteiger partial charge in [-0.25, -0.2) is 0 Å². The molecule has 7 rings (SSSR count). The zero-order chi connectivity index (χ0) is 34.0. The van der Waals surface area contributed by atoms with Crippen molar-refractivity contribution in [2.75, 3.05) is 27.5 Å². The van der Waals surface area contributed by atoms with Gasteiger partial charge < -0.3 is 34.5 Å². The molecule has 48 heavy (non-hydrogen) atoms. The van der Waals surface area contributed by atoms with Crippen LogP contribution < -0.4 is 24.3 Å². The minimum Gasteiger partial charge on any atom is -0.508 e. The number of likely N-dealkylation sites (N-methyl/N-ethyl adjacent to an activating group) is 1. The number of hydrogen-bond acceptors (Lipinski definition) is 11. The van der Waals surface area contributed by atoms with E-state index in [4.69, 9.17) is 18.9 Å². The number of nitrogens with one attached hydrogen (secondary N) is 1. The number of phenols is 2. The number of esters is 1. The van der Waals surface area contributed by atoms with Crippen molar-refractivity contribution in [3.63, 3.8) is 0 Å². The van der Waals surface area contributed by atoms with Gasteiger partial charge >= 0.3 is 5.97 Å². The number of hydrogen-bond donors (Lipinski definition) is 3. The number of aryl methyl sites for hydroxylation is 1. The van der Waals surface area contributed by atoms with Gasteiger partial charge in [0.25, 0.3) is 0 Å². The number of phenolic OH excluding ortho intramolecular Hbond substituents is 2. The summed E-state index contributed by atoms with van der Waals surface area (Å²) in [6.45, 7) is 5.16. The SMILES string of the molecule is COc1c(C)cc2c(c1O)[C@@H]1C3Cc4c(OC(C)=O)c(C)c5c(c4[C@H](CNC(=O)Cc4ccc(O)cc4)N3C(C#N)[C@H](C2)N1C)OCO5. The molecule has 4 heterocycles. The summed E-state index contributed by atoms with van der Waals surface area (Å²) in [7, 11) is 3.51. The largest absolute Gasteiger partial charge is 0.508 e. The zero-order valence-electron chi connectivity index (χ0n) is 27.5. The average molecular weight is 655 g/mol. The molecular formula is C36H38N4O8. The number of ether oxygens (including phenoxy) is 4. The molecule has 12 heteroatoms. The van der Waals surface area contributed by atoms with Crippen molar-refractivity contribution in [3.8, 4) is 40.6 Å². The summed E-state index contributed by atoms with van der Waals surface area (Å²) >= 11 is 0. The number of benzene rings is 3. The van der Waals surface area contributed by atoms with Gasteiger partial charge in [0.1, 0.15) is 17.5 Å². The lowest BCUT2D eigenvalue weighted by Gasteiger charge is -2.60. The summed E-state index contributed by atoms with van der Waals surface area (Å²) in [5.74, 6) is 1.22. The number of piperazine rings is 1. The van der Waals surface area contributed by atoms with Crippen molar-refractivity contribution in [1.29, 1.82) is 5.26 Å². The third-order valence-electron chi connectivity index (χ3n) is 10.3. The van der Waals surface area contributed by atoms with Crippen molar-refractivity contribution in [2.24, 2.45) is 0 Å². The van der Waals surface area contributed by atoms with Crippen LogP contribution >= 0.6 is 0 Å². The molecule has 0 aromatic heterocycles. The Balaban J connectivity index is 1.39. The van der Waals surface area contributed by atoms with Gasteiger partial charge in [-0.15, -0.1) is 0 Å². The van der Waals surface area contributed by atoms with E-state index in [9.17, 15) is 25.1 Å². The molecule has 0 radical (unpaired) electrons. The van der Waals surface area contributed by atoms with Crippen LogP contribution in [0.1, 0.15) is 58.0 Å². The Hall–Kier alpha value is -4.99. The standard InChI is InChI=1S/C36H38N4O8/c1-17-10-21-12-24-26(14-37)40-25(31(39(24)4)29(21)32(44)33(17)45-5)13-23-30(36-35(46-16-47-36)18(2)34(23)48-19(3)41)27(40)15-38-28(43)11-20-6-8-22(42)9-7-20/h6-10,24-27,31,42,44H,11-13,15-16H2,1-5H3,(H,38,43)/t24-,25?,26?,27-,31-/m0/s1. The molecule has 4 aliphatic rings. The van der Waals surface area contributed by atoms with Crippen LogP contribution in [0.15, 0.2) is 30.3 Å². The average Bonchev–Trinajstić information content (AvgIpc) is 3.54. The van der Waals surface area contributed by atoms with Gasteiger partial charge in [0.2, 0.25) is 12.7 Å². The van der Waals surface area contributed by atoms with Gasteiger partial charge in [-0.05, 0) is 62.6 Å². The molecule has 1 fully saturated rings. The van der Waals surface area contributed by atoms with Crippen LogP contribution in [0.25, 0.3) is 0 Å². The first-order valence-corrected chi connectivity index (χ1v) is 16.0. The molecule has 0 saturated carbocycles. The summed E-state index contributed by atoms with van der Waals surface area (Å²) < 4.78 is 23.5. The number of fused-ring (bicyclic) bond motifs is 9. The van der Waals surface area contributed by atoms with Gasteiger partial charge in [0.15, 0.2) is 23.0 Å². The second-order valence-electron chi connectivity index (χ2n) is 13.0. The van der Waals surface area contributed by atoms with E-state index in [2.05, 4.69) is 21.2 Å². The molecule has 2 bridgehead atoms. The van der Waals surface area contributed by atoms with Crippen LogP contribution in [-0.4, -0.2) is 77.5 Å². The maximum absolute atomic E-state index is 13.4. The molecule has 1 amide bonds. The first-order valence-electron chi connectivity index (χ1n) is 16.0. The van der Waals surface area contributed by atoms with E-state index in [1.54, 1.807) is 12.1 Å². The highest BCUT2D eigenvalue weighted by molar-refractivity contribution is 5.79. The van der Waals surface area contributed by atoms with Crippen molar-refractivity contribution >= 4 is 11.9 Å². The quantitative estimate of drug-likeness (QED) is 0.264. The molecule has 5 atom stereocenters. The topological polar surface area (TPSA) is 154 Å². The Labute approximate surface area is 278 Å². The fourth-order valence-electron chi connectivity index (χ4n) is 8.38. The summed E-state index contributed by atoms with van der Waals surface area (Å²) in [5, 5.41) is 35.3. The predicted octanol–water partition coefficient (Wildman–Crippen LogP) is 3.51. The van der Waals surface area contributed by atoms with Gasteiger partial charge in [0.05, 0.1) is 31.7 Å². The maximum atomic E-state index is 13.4. The van der Waals surface area contributed by atoms with E-state index in [1.165, 1.54) is 26.2 Å². The lowest BCUT2D eigenvalue weighted by Crippen LogP contribution is -2.68. The van der Waals surface area contributed by atoms with E-state index in [-0.39, 0.29) is 55.3 Å². The number of aromatic hydroxyl groups is 2. The van der Waals surface area contributed by atoms with E-state index >= 15 is 0 Å². The maximum Gasteiger partial charge on any atom is 0.308 e. The molecule has 0 aliphatic carbocycles. The van der Waals surface area contributed by atoms with Crippen molar-refractivity contribution < 1.29 is 38.7 Å². The third kappa shape index (κ3) is 4.88. The molecule has 0 spiro atoms. The van der Waals surface area contributed by atoms with Gasteiger partial charge in [-0.2, -0.15) is 5.26 Å². The van der Waals surface area contributed by atoms with E-state index in [0.29, 0.717) is 47.0 Å². The molecule has 3 aromatic rings. The molecule has 1 saturated heterocycles. The Morgan fingerprint density at radius 3 is 2.48 bits per heavy atom. The van der Waals surface area contributed by atoms with Crippen molar-refractivity contribution in [2.45, 2.75) is 70.2 Å². The number of amides is 1. The van der Waals surface area contributed by atoms with Crippen LogP contribution in [0.2, 0.25) is 0 Å².